The third-order valence-corrected chi connectivity index (χ3v) is 3.83. The van der Waals surface area contributed by atoms with Gasteiger partial charge in [-0.2, -0.15) is 0 Å². The number of carbonyl (C=O) groups is 1. The van der Waals surface area contributed by atoms with E-state index in [9.17, 15) is 4.79 Å². The molecular formula is C16H12Cl2N4O2. The van der Waals surface area contributed by atoms with Crippen molar-refractivity contribution in [3.63, 3.8) is 0 Å². The molecule has 1 amide bonds. The zero-order chi connectivity index (χ0) is 16.9. The maximum absolute atomic E-state index is 12.0. The van der Waals surface area contributed by atoms with E-state index < -0.39 is 0 Å². The predicted octanol–water partition coefficient (Wildman–Crippen LogP) is 4.05. The maximum atomic E-state index is 12.0. The first-order valence-corrected chi connectivity index (χ1v) is 7.72. The molecule has 2 heterocycles. The van der Waals surface area contributed by atoms with E-state index in [2.05, 4.69) is 20.6 Å². The Kier molecular flexibility index (Phi) is 4.98. The molecule has 122 valence electrons. The zero-order valence-corrected chi connectivity index (χ0v) is 13.8. The number of aromatic nitrogens is 2. The minimum absolute atomic E-state index is 0.285. The van der Waals surface area contributed by atoms with Crippen molar-refractivity contribution in [2.75, 3.05) is 5.32 Å². The van der Waals surface area contributed by atoms with Gasteiger partial charge in [-0.15, -0.1) is 0 Å². The number of amides is 1. The summed E-state index contributed by atoms with van der Waals surface area (Å²) in [5, 5.41) is 6.59. The van der Waals surface area contributed by atoms with E-state index in [1.54, 1.807) is 36.6 Å². The summed E-state index contributed by atoms with van der Waals surface area (Å²) in [4.78, 5) is 20.2. The van der Waals surface area contributed by atoms with Crippen LogP contribution in [0.25, 0.3) is 0 Å². The van der Waals surface area contributed by atoms with Crippen molar-refractivity contribution < 1.29 is 9.21 Å². The summed E-state index contributed by atoms with van der Waals surface area (Å²) in [6.07, 6.45) is 4.42. The molecule has 0 saturated carbocycles. The Hall–Kier alpha value is -2.57. The lowest BCUT2D eigenvalue weighted by Crippen LogP contribution is -2.22. The summed E-state index contributed by atoms with van der Waals surface area (Å²) >= 11 is 11.8. The average Bonchev–Trinajstić information content (AvgIpc) is 3.10. The topological polar surface area (TPSA) is 80.0 Å². The molecule has 0 radical (unpaired) electrons. The lowest BCUT2D eigenvalue weighted by Gasteiger charge is -2.07. The normalized spacial score (nSPS) is 10.4. The molecule has 3 aromatic rings. The van der Waals surface area contributed by atoms with Gasteiger partial charge in [0.15, 0.2) is 0 Å². The van der Waals surface area contributed by atoms with Crippen LogP contribution < -0.4 is 10.6 Å². The number of hydrogen-bond acceptors (Lipinski definition) is 5. The molecule has 8 heteroatoms. The number of benzene rings is 1. The Morgan fingerprint density at radius 2 is 1.92 bits per heavy atom. The summed E-state index contributed by atoms with van der Waals surface area (Å²) in [5.41, 5.74) is 1.04. The van der Waals surface area contributed by atoms with Crippen LogP contribution in [0, 0.1) is 0 Å². The molecule has 2 N–H and O–H groups in total. The molecule has 0 bridgehead atoms. The molecule has 0 atom stereocenters. The van der Waals surface area contributed by atoms with Gasteiger partial charge >= 0.3 is 0 Å². The van der Waals surface area contributed by atoms with Gasteiger partial charge in [-0.3, -0.25) is 4.79 Å². The van der Waals surface area contributed by atoms with E-state index in [-0.39, 0.29) is 5.91 Å². The molecule has 0 fully saturated rings. The summed E-state index contributed by atoms with van der Waals surface area (Å²) in [6.45, 7) is 0.301. The van der Waals surface area contributed by atoms with Crippen molar-refractivity contribution >= 4 is 40.7 Å². The van der Waals surface area contributed by atoms with Crippen LogP contribution in [0.1, 0.15) is 16.1 Å². The monoisotopic (exact) mass is 362 g/mol. The third kappa shape index (κ3) is 4.04. The number of nitrogens with one attached hydrogen (secondary N) is 2. The highest BCUT2D eigenvalue weighted by molar-refractivity contribution is 6.42. The van der Waals surface area contributed by atoms with E-state index >= 15 is 0 Å². The van der Waals surface area contributed by atoms with Crippen molar-refractivity contribution in [2.45, 2.75) is 6.54 Å². The first-order valence-electron chi connectivity index (χ1n) is 6.96. The van der Waals surface area contributed by atoms with Gasteiger partial charge in [0.25, 0.3) is 5.91 Å². The third-order valence-electron chi connectivity index (χ3n) is 3.09. The van der Waals surface area contributed by atoms with E-state index in [0.29, 0.717) is 39.5 Å². The van der Waals surface area contributed by atoms with Gasteiger partial charge in [0.05, 0.1) is 28.4 Å². The smallest absolute Gasteiger partial charge is 0.254 e. The molecule has 0 saturated heterocycles. The Bertz CT molecular complexity index is 836. The fourth-order valence-corrected chi connectivity index (χ4v) is 2.19. The molecule has 1 aromatic carbocycles. The number of nitrogens with zero attached hydrogens (tertiary/aromatic N) is 2. The second-order valence-electron chi connectivity index (χ2n) is 4.81. The fourth-order valence-electron chi connectivity index (χ4n) is 1.90. The van der Waals surface area contributed by atoms with Crippen molar-refractivity contribution in [2.24, 2.45) is 0 Å². The molecule has 0 aliphatic rings. The van der Waals surface area contributed by atoms with Crippen molar-refractivity contribution in [3.8, 4) is 0 Å². The predicted molar refractivity (Wildman–Crippen MR) is 91.7 cm³/mol. The van der Waals surface area contributed by atoms with E-state index in [4.69, 9.17) is 27.6 Å². The van der Waals surface area contributed by atoms with Gasteiger partial charge in [0, 0.05) is 18.1 Å². The largest absolute Gasteiger partial charge is 0.467 e. The molecule has 6 nitrogen and oxygen atoms in total. The van der Waals surface area contributed by atoms with E-state index in [1.165, 1.54) is 12.4 Å². The van der Waals surface area contributed by atoms with Crippen LogP contribution in [0.2, 0.25) is 10.0 Å². The van der Waals surface area contributed by atoms with Crippen LogP contribution in [0.5, 0.6) is 0 Å². The number of carbonyl (C=O) groups excluding carboxylic acids is 1. The Morgan fingerprint density at radius 3 is 2.58 bits per heavy atom. The number of furan rings is 1. The lowest BCUT2D eigenvalue weighted by atomic mass is 10.3. The maximum Gasteiger partial charge on any atom is 0.254 e. The second kappa shape index (κ2) is 7.33. The molecule has 24 heavy (non-hydrogen) atoms. The van der Waals surface area contributed by atoms with Gasteiger partial charge in [-0.05, 0) is 30.3 Å². The van der Waals surface area contributed by atoms with Gasteiger partial charge < -0.3 is 15.1 Å². The highest BCUT2D eigenvalue weighted by Gasteiger charge is 2.08. The summed E-state index contributed by atoms with van der Waals surface area (Å²) < 4.78 is 5.15. The van der Waals surface area contributed by atoms with E-state index in [1.807, 2.05) is 0 Å². The van der Waals surface area contributed by atoms with Crippen LogP contribution in [0.15, 0.2) is 53.4 Å². The SMILES string of the molecule is O=C(NCc1ccco1)c1cnc(Nc2ccc(Cl)c(Cl)c2)nc1. The van der Waals surface area contributed by atoms with Crippen LogP contribution in [0.4, 0.5) is 11.6 Å². The molecule has 0 aliphatic heterocycles. The minimum Gasteiger partial charge on any atom is -0.467 e. The van der Waals surface area contributed by atoms with Crippen LogP contribution in [-0.4, -0.2) is 15.9 Å². The van der Waals surface area contributed by atoms with E-state index in [0.717, 1.165) is 0 Å². The van der Waals surface area contributed by atoms with Crippen LogP contribution in [-0.2, 0) is 6.54 Å². The number of anilines is 2. The Morgan fingerprint density at radius 1 is 1.12 bits per heavy atom. The second-order valence-corrected chi connectivity index (χ2v) is 5.63. The molecule has 0 aliphatic carbocycles. The van der Waals surface area contributed by atoms with Crippen molar-refractivity contribution in [3.05, 3.63) is 70.4 Å². The summed E-state index contributed by atoms with van der Waals surface area (Å²) in [6, 6.07) is 8.62. The first-order chi connectivity index (χ1) is 11.6. The highest BCUT2D eigenvalue weighted by Crippen LogP contribution is 2.26. The lowest BCUT2D eigenvalue weighted by molar-refractivity contribution is 0.0947. The summed E-state index contributed by atoms with van der Waals surface area (Å²) in [5.74, 6) is 0.727. The number of rotatable bonds is 5. The molecular weight excluding hydrogens is 351 g/mol. The number of hydrogen-bond donors (Lipinski definition) is 2. The van der Waals surface area contributed by atoms with Crippen molar-refractivity contribution in [1.82, 2.24) is 15.3 Å². The molecule has 3 rings (SSSR count). The quantitative estimate of drug-likeness (QED) is 0.715. The Labute approximate surface area is 147 Å². The van der Waals surface area contributed by atoms with Crippen molar-refractivity contribution in [1.29, 1.82) is 0 Å². The summed E-state index contributed by atoms with van der Waals surface area (Å²) in [7, 11) is 0. The Balaban J connectivity index is 1.62. The average molecular weight is 363 g/mol. The minimum atomic E-state index is -0.285. The van der Waals surface area contributed by atoms with Gasteiger partial charge in [0.2, 0.25) is 5.95 Å². The van der Waals surface area contributed by atoms with Gasteiger partial charge in [0.1, 0.15) is 5.76 Å². The molecule has 0 spiro atoms. The van der Waals surface area contributed by atoms with Crippen LogP contribution >= 0.6 is 23.2 Å². The first kappa shape index (κ1) is 16.3. The standard InChI is InChI=1S/C16H12Cl2N4O2/c17-13-4-3-11(6-14(13)18)22-16-20-7-10(8-21-16)15(23)19-9-12-2-1-5-24-12/h1-8H,9H2,(H,19,23)(H,20,21,22). The molecule has 0 unspecified atom stereocenters. The molecule has 2 aromatic heterocycles. The zero-order valence-electron chi connectivity index (χ0n) is 12.3. The van der Waals surface area contributed by atoms with Gasteiger partial charge in [-0.1, -0.05) is 23.2 Å². The van der Waals surface area contributed by atoms with Crippen LogP contribution in [0.3, 0.4) is 0 Å². The number of halogens is 2. The fraction of sp³-hybridized carbons (Fsp3) is 0.0625. The highest BCUT2D eigenvalue weighted by atomic mass is 35.5. The van der Waals surface area contributed by atoms with Gasteiger partial charge in [-0.25, -0.2) is 9.97 Å².